The van der Waals surface area contributed by atoms with Crippen molar-refractivity contribution in [3.05, 3.63) is 29.3 Å². The van der Waals surface area contributed by atoms with Gasteiger partial charge in [-0.2, -0.15) is 0 Å². The van der Waals surface area contributed by atoms with E-state index >= 15 is 0 Å². The number of aryl methyl sites for hydroxylation is 1. The fraction of sp³-hybridized carbons (Fsp3) is 0.625. The van der Waals surface area contributed by atoms with E-state index < -0.39 is 0 Å². The summed E-state index contributed by atoms with van der Waals surface area (Å²) in [6.45, 7) is 6.44. The Balaban J connectivity index is 2.05. The van der Waals surface area contributed by atoms with E-state index in [-0.39, 0.29) is 6.04 Å². The summed E-state index contributed by atoms with van der Waals surface area (Å²) in [5.41, 5.74) is 8.27. The quantitative estimate of drug-likeness (QED) is 0.877. The summed E-state index contributed by atoms with van der Waals surface area (Å²) in [5, 5.41) is 0. The number of nitrogens with two attached hydrogens (primary N) is 1. The molecule has 1 aliphatic carbocycles. The molecule has 0 amide bonds. The van der Waals surface area contributed by atoms with Gasteiger partial charge in [-0.15, -0.1) is 0 Å². The Labute approximate surface area is 111 Å². The maximum Gasteiger partial charge on any atom is 0.122 e. The molecule has 2 heteroatoms. The maximum atomic E-state index is 6.15. The highest BCUT2D eigenvalue weighted by molar-refractivity contribution is 5.37. The third kappa shape index (κ3) is 3.26. The molecule has 0 heterocycles. The van der Waals surface area contributed by atoms with E-state index in [1.165, 1.54) is 36.8 Å². The zero-order valence-corrected chi connectivity index (χ0v) is 11.8. The van der Waals surface area contributed by atoms with Gasteiger partial charge in [-0.3, -0.25) is 0 Å². The zero-order chi connectivity index (χ0) is 13.1. The highest BCUT2D eigenvalue weighted by Crippen LogP contribution is 2.29. The van der Waals surface area contributed by atoms with Gasteiger partial charge in [0.2, 0.25) is 0 Å². The molecular formula is C16H25NO. The maximum absolute atomic E-state index is 6.15. The molecule has 2 rings (SSSR count). The van der Waals surface area contributed by atoms with Crippen molar-refractivity contribution in [2.75, 3.05) is 0 Å². The molecule has 1 fully saturated rings. The summed E-state index contributed by atoms with van der Waals surface area (Å²) in [6, 6.07) is 6.39. The fourth-order valence-electron chi connectivity index (χ4n) is 2.75. The van der Waals surface area contributed by atoms with Gasteiger partial charge in [0.05, 0.1) is 6.10 Å². The first kappa shape index (κ1) is 13.4. The number of ether oxygens (including phenoxy) is 1. The number of hydrogen-bond donors (Lipinski definition) is 1. The normalized spacial score (nSPS) is 25.8. The molecule has 1 aromatic carbocycles. The standard InChI is InChI=1S/C16H25NO/c1-11-5-4-6-15(9-11)18-16-8-7-14(13(3)17)10-12(16)2/h7-8,10-11,13,15H,4-6,9,17H2,1-3H3. The van der Waals surface area contributed by atoms with Crippen molar-refractivity contribution in [2.24, 2.45) is 11.7 Å². The molecule has 100 valence electrons. The van der Waals surface area contributed by atoms with Crippen molar-refractivity contribution >= 4 is 0 Å². The largest absolute Gasteiger partial charge is 0.490 e. The topological polar surface area (TPSA) is 35.2 Å². The van der Waals surface area contributed by atoms with Crippen LogP contribution in [0.1, 0.15) is 56.7 Å². The fourth-order valence-corrected chi connectivity index (χ4v) is 2.75. The Morgan fingerprint density at radius 3 is 2.72 bits per heavy atom. The highest BCUT2D eigenvalue weighted by atomic mass is 16.5. The summed E-state index contributed by atoms with van der Waals surface area (Å²) in [4.78, 5) is 0. The molecule has 0 aliphatic heterocycles. The van der Waals surface area contributed by atoms with Gasteiger partial charge in [0.1, 0.15) is 5.75 Å². The van der Waals surface area contributed by atoms with E-state index in [9.17, 15) is 0 Å². The number of benzene rings is 1. The van der Waals surface area contributed by atoms with Crippen LogP contribution in [0.4, 0.5) is 0 Å². The molecule has 18 heavy (non-hydrogen) atoms. The van der Waals surface area contributed by atoms with Gasteiger partial charge in [-0.1, -0.05) is 25.5 Å². The Morgan fingerprint density at radius 1 is 1.33 bits per heavy atom. The lowest BCUT2D eigenvalue weighted by atomic mass is 9.88. The molecule has 2 N–H and O–H groups in total. The van der Waals surface area contributed by atoms with Crippen molar-refractivity contribution in [3.63, 3.8) is 0 Å². The van der Waals surface area contributed by atoms with Crippen molar-refractivity contribution in [3.8, 4) is 5.75 Å². The van der Waals surface area contributed by atoms with Crippen LogP contribution in [-0.2, 0) is 0 Å². The average Bonchev–Trinajstić information content (AvgIpc) is 2.31. The van der Waals surface area contributed by atoms with E-state index in [0.717, 1.165) is 11.7 Å². The van der Waals surface area contributed by atoms with Gasteiger partial charge >= 0.3 is 0 Å². The Hall–Kier alpha value is -1.02. The van der Waals surface area contributed by atoms with E-state index in [2.05, 4.69) is 32.0 Å². The second-order valence-electron chi connectivity index (χ2n) is 5.83. The first-order chi connectivity index (χ1) is 8.56. The molecule has 3 atom stereocenters. The van der Waals surface area contributed by atoms with Crippen LogP contribution >= 0.6 is 0 Å². The lowest BCUT2D eigenvalue weighted by Crippen LogP contribution is -2.24. The average molecular weight is 247 g/mol. The summed E-state index contributed by atoms with van der Waals surface area (Å²) < 4.78 is 6.15. The van der Waals surface area contributed by atoms with Crippen LogP contribution in [0.5, 0.6) is 5.75 Å². The molecule has 3 unspecified atom stereocenters. The Morgan fingerprint density at radius 2 is 2.11 bits per heavy atom. The third-order valence-corrected chi connectivity index (χ3v) is 3.91. The van der Waals surface area contributed by atoms with E-state index in [1.807, 2.05) is 6.92 Å². The van der Waals surface area contributed by atoms with Crippen molar-refractivity contribution in [2.45, 2.75) is 58.6 Å². The van der Waals surface area contributed by atoms with Gasteiger partial charge in [0.25, 0.3) is 0 Å². The van der Waals surface area contributed by atoms with Gasteiger partial charge in [-0.25, -0.2) is 0 Å². The Bertz CT molecular complexity index is 400. The molecular weight excluding hydrogens is 222 g/mol. The smallest absolute Gasteiger partial charge is 0.122 e. The highest BCUT2D eigenvalue weighted by Gasteiger charge is 2.20. The van der Waals surface area contributed by atoms with Crippen molar-refractivity contribution in [1.82, 2.24) is 0 Å². The van der Waals surface area contributed by atoms with Crippen LogP contribution < -0.4 is 10.5 Å². The van der Waals surface area contributed by atoms with E-state index in [4.69, 9.17) is 10.5 Å². The molecule has 0 spiro atoms. The molecule has 1 aliphatic rings. The first-order valence-electron chi connectivity index (χ1n) is 7.09. The monoisotopic (exact) mass is 247 g/mol. The van der Waals surface area contributed by atoms with Crippen molar-refractivity contribution < 1.29 is 4.74 Å². The van der Waals surface area contributed by atoms with E-state index in [1.54, 1.807) is 0 Å². The minimum atomic E-state index is 0.0902. The predicted octanol–water partition coefficient (Wildman–Crippen LogP) is 3.97. The van der Waals surface area contributed by atoms with Gasteiger partial charge in [0.15, 0.2) is 0 Å². The zero-order valence-electron chi connectivity index (χ0n) is 11.8. The van der Waals surface area contributed by atoms with Crippen molar-refractivity contribution in [1.29, 1.82) is 0 Å². The molecule has 1 aromatic rings. The molecule has 0 bridgehead atoms. The lowest BCUT2D eigenvalue weighted by molar-refractivity contribution is 0.128. The second kappa shape index (κ2) is 5.75. The van der Waals surface area contributed by atoms with Crippen LogP contribution in [0.25, 0.3) is 0 Å². The van der Waals surface area contributed by atoms with Crippen LogP contribution in [-0.4, -0.2) is 6.10 Å². The first-order valence-corrected chi connectivity index (χ1v) is 7.09. The summed E-state index contributed by atoms with van der Waals surface area (Å²) >= 11 is 0. The lowest BCUT2D eigenvalue weighted by Gasteiger charge is -2.28. The van der Waals surface area contributed by atoms with E-state index in [0.29, 0.717) is 6.10 Å². The molecule has 0 aromatic heterocycles. The number of rotatable bonds is 3. The third-order valence-electron chi connectivity index (χ3n) is 3.91. The summed E-state index contributed by atoms with van der Waals surface area (Å²) in [5.74, 6) is 1.82. The van der Waals surface area contributed by atoms with Gasteiger partial charge in [-0.05, 0) is 56.2 Å². The van der Waals surface area contributed by atoms with Gasteiger partial charge < -0.3 is 10.5 Å². The second-order valence-corrected chi connectivity index (χ2v) is 5.83. The number of hydrogen-bond acceptors (Lipinski definition) is 2. The summed E-state index contributed by atoms with van der Waals surface area (Å²) in [7, 11) is 0. The van der Waals surface area contributed by atoms with Crippen LogP contribution in [0.2, 0.25) is 0 Å². The predicted molar refractivity (Wildman–Crippen MR) is 75.8 cm³/mol. The van der Waals surface area contributed by atoms with Gasteiger partial charge in [0, 0.05) is 6.04 Å². The van der Waals surface area contributed by atoms with Crippen LogP contribution in [0.3, 0.4) is 0 Å². The molecule has 0 radical (unpaired) electrons. The molecule has 2 nitrogen and oxygen atoms in total. The molecule has 1 saturated carbocycles. The Kier molecular flexibility index (Phi) is 4.28. The SMILES string of the molecule is Cc1cc(C(C)N)ccc1OC1CCCC(C)C1. The summed E-state index contributed by atoms with van der Waals surface area (Å²) in [6.07, 6.45) is 5.42. The van der Waals surface area contributed by atoms with Crippen LogP contribution in [0.15, 0.2) is 18.2 Å². The minimum absolute atomic E-state index is 0.0902. The minimum Gasteiger partial charge on any atom is -0.490 e. The van der Waals surface area contributed by atoms with Crippen LogP contribution in [0, 0.1) is 12.8 Å². The molecule has 0 saturated heterocycles.